The minimum Gasteiger partial charge on any atom is -0.258 e. The summed E-state index contributed by atoms with van der Waals surface area (Å²) in [6.45, 7) is 44.5. The Morgan fingerprint density at radius 2 is 0.713 bits per heavy atom. The summed E-state index contributed by atoms with van der Waals surface area (Å²) in [5.74, 6) is 4.34. The molecule has 10 heteroatoms. The normalized spacial score (nSPS) is 14.3. The number of aryl methyl sites for hydroxylation is 18. The molecule has 0 aliphatic heterocycles. The quantitative estimate of drug-likeness (QED) is 0.107. The number of rotatable bonds is 0. The second kappa shape index (κ2) is 31.2. The first-order chi connectivity index (χ1) is 44.6. The van der Waals surface area contributed by atoms with Crippen molar-refractivity contribution in [3.63, 3.8) is 0 Å². The Kier molecular flexibility index (Phi) is 23.3. The van der Waals surface area contributed by atoms with Gasteiger partial charge >= 0.3 is 0 Å². The van der Waals surface area contributed by atoms with Crippen molar-refractivity contribution in [1.29, 1.82) is 0 Å². The van der Waals surface area contributed by atoms with Crippen molar-refractivity contribution in [2.45, 2.75) is 152 Å². The summed E-state index contributed by atoms with van der Waals surface area (Å²) >= 11 is 0. The van der Waals surface area contributed by atoms with Gasteiger partial charge in [0.1, 0.15) is 23.3 Å². The molecule has 6 heterocycles. The van der Waals surface area contributed by atoms with Gasteiger partial charge in [0.05, 0.1) is 11.4 Å². The number of nitrogens with zero attached hydrogens (tertiary/aromatic N) is 10. The van der Waals surface area contributed by atoms with Crippen LogP contribution in [0.1, 0.15) is 126 Å². The molecule has 10 nitrogen and oxygen atoms in total. The number of aromatic nitrogens is 10. The third-order valence-corrected chi connectivity index (χ3v) is 17.4. The van der Waals surface area contributed by atoms with Gasteiger partial charge in [-0.3, -0.25) is 15.0 Å². The Labute approximate surface area is 559 Å². The highest BCUT2D eigenvalue weighted by Crippen LogP contribution is 2.50. The molecule has 5 aromatic carbocycles. The number of hydrogen-bond acceptors (Lipinski definition) is 10. The Morgan fingerprint density at radius 1 is 0.298 bits per heavy atom. The van der Waals surface area contributed by atoms with Crippen LogP contribution < -0.4 is 0 Å². The first-order valence-electron chi connectivity index (χ1n) is 32.5. The third kappa shape index (κ3) is 17.7. The van der Waals surface area contributed by atoms with Crippen LogP contribution in [0.2, 0.25) is 0 Å². The van der Waals surface area contributed by atoms with Gasteiger partial charge in [-0.2, -0.15) is 10.2 Å². The number of hydrogen-bond donors (Lipinski definition) is 0. The topological polar surface area (TPSA) is 129 Å². The van der Waals surface area contributed by atoms with Gasteiger partial charge in [-0.15, -0.1) is 0 Å². The zero-order valence-electron chi connectivity index (χ0n) is 59.6. The third-order valence-electron chi connectivity index (χ3n) is 17.4. The van der Waals surface area contributed by atoms with Crippen LogP contribution in [0.4, 0.5) is 0 Å². The summed E-state index contributed by atoms with van der Waals surface area (Å²) in [4.78, 5) is 33.1. The van der Waals surface area contributed by atoms with Crippen LogP contribution in [0.5, 0.6) is 0 Å². The smallest absolute Gasteiger partial charge is 0.129 e. The molecular weight excluding hydrogens is 1150 g/mol. The Bertz CT molecular complexity index is 4320. The second-order valence-electron chi connectivity index (χ2n) is 25.4. The van der Waals surface area contributed by atoms with Crippen molar-refractivity contribution in [2.24, 2.45) is 11.8 Å². The molecule has 0 saturated heterocycles. The van der Waals surface area contributed by atoms with Gasteiger partial charge in [0.2, 0.25) is 0 Å². The van der Waals surface area contributed by atoms with Crippen LogP contribution in [0, 0.1) is 157 Å². The summed E-state index contributed by atoms with van der Waals surface area (Å²) in [5.41, 5.74) is 27.2. The molecule has 94 heavy (non-hydrogen) atoms. The maximum absolute atomic E-state index is 4.33. The van der Waals surface area contributed by atoms with Crippen molar-refractivity contribution < 1.29 is 0 Å². The average molecular weight is 1240 g/mol. The first-order valence-corrected chi connectivity index (χ1v) is 32.5. The molecule has 4 aliphatic rings. The monoisotopic (exact) mass is 1240 g/mol. The molecule has 2 atom stereocenters. The highest BCUT2D eigenvalue weighted by atomic mass is 15.1. The predicted octanol–water partition coefficient (Wildman–Crippen LogP) is 20.3. The SMILES string of the molecule is CC1=CC2=CC=CC3=CC=C4C=CC=C1C4C32.Cc1cc(C)c(C)c(C)n1.Cc1cc(C)nc(C)c1.Cc1cc(C)nc(C)c1.Cc1cc(C)nc(C)n1.Cc1ccc2c3cccc4cccc(c5cccc1c52)c43.Cc1nc(C)nc(C)n1.Cc1nnc(C)c(C)c1C. The predicted molar refractivity (Wildman–Crippen MR) is 395 cm³/mol. The van der Waals surface area contributed by atoms with E-state index in [9.17, 15) is 0 Å². The number of pyridine rings is 3. The van der Waals surface area contributed by atoms with Gasteiger partial charge in [-0.05, 0) is 299 Å². The highest BCUT2D eigenvalue weighted by Gasteiger charge is 2.38. The van der Waals surface area contributed by atoms with Gasteiger partial charge in [-0.25, -0.2) is 24.9 Å². The zero-order valence-corrected chi connectivity index (χ0v) is 59.6. The fourth-order valence-electron chi connectivity index (χ4n) is 12.9. The van der Waals surface area contributed by atoms with E-state index < -0.39 is 0 Å². The lowest BCUT2D eigenvalue weighted by Gasteiger charge is -2.41. The van der Waals surface area contributed by atoms with Gasteiger partial charge in [-0.1, -0.05) is 121 Å². The molecule has 4 aliphatic carbocycles. The van der Waals surface area contributed by atoms with Crippen LogP contribution in [-0.2, 0) is 0 Å². The summed E-state index contributed by atoms with van der Waals surface area (Å²) in [7, 11) is 0. The van der Waals surface area contributed by atoms with Gasteiger partial charge < -0.3 is 0 Å². The van der Waals surface area contributed by atoms with Crippen molar-refractivity contribution in [1.82, 2.24) is 50.1 Å². The van der Waals surface area contributed by atoms with E-state index >= 15 is 0 Å². The maximum Gasteiger partial charge on any atom is 0.129 e. The molecule has 0 fully saturated rings. The second-order valence-corrected chi connectivity index (χ2v) is 25.4. The number of fused-ring (bicyclic) bond motifs is 2. The molecule has 480 valence electrons. The van der Waals surface area contributed by atoms with Crippen molar-refractivity contribution in [3.8, 4) is 0 Å². The summed E-state index contributed by atoms with van der Waals surface area (Å²) in [5, 5.41) is 19.0. The van der Waals surface area contributed by atoms with Crippen LogP contribution in [0.15, 0.2) is 186 Å². The molecule has 0 saturated carbocycles. The summed E-state index contributed by atoms with van der Waals surface area (Å²) in [6.07, 6.45) is 20.3. The summed E-state index contributed by atoms with van der Waals surface area (Å²) < 4.78 is 0. The fraction of sp³-hybridized carbons (Fsp3) is 0.286. The van der Waals surface area contributed by atoms with E-state index in [-0.39, 0.29) is 0 Å². The van der Waals surface area contributed by atoms with Gasteiger partial charge in [0, 0.05) is 57.4 Å². The van der Waals surface area contributed by atoms with Crippen molar-refractivity contribution in [3.05, 3.63) is 305 Å². The van der Waals surface area contributed by atoms with Crippen LogP contribution in [0.25, 0.3) is 43.1 Å². The van der Waals surface area contributed by atoms with E-state index in [1.54, 1.807) is 0 Å². The van der Waals surface area contributed by atoms with E-state index in [1.807, 2.05) is 96.1 Å². The number of allylic oxidation sites excluding steroid dienone is 14. The molecule has 0 bridgehead atoms. The lowest BCUT2D eigenvalue weighted by molar-refractivity contribution is 0.556. The molecule has 15 rings (SSSR count). The first kappa shape index (κ1) is 70.1. The molecule has 11 aromatic rings. The molecule has 2 unspecified atom stereocenters. The van der Waals surface area contributed by atoms with Crippen molar-refractivity contribution >= 4 is 43.1 Å². The lowest BCUT2D eigenvalue weighted by atomic mass is 9.63. The van der Waals surface area contributed by atoms with Gasteiger partial charge in [0.25, 0.3) is 0 Å². The molecular formula is C84H94N10. The van der Waals surface area contributed by atoms with Crippen LogP contribution in [0.3, 0.4) is 0 Å². The van der Waals surface area contributed by atoms with E-state index in [0.29, 0.717) is 11.8 Å². The Balaban J connectivity index is 0.000000142. The molecule has 0 amide bonds. The summed E-state index contributed by atoms with van der Waals surface area (Å²) in [6, 6.07) is 36.9. The highest BCUT2D eigenvalue weighted by molar-refractivity contribution is 6.33. The van der Waals surface area contributed by atoms with E-state index in [2.05, 4.69) is 264 Å². The Hall–Kier alpha value is -9.80. The zero-order chi connectivity index (χ0) is 68.2. The molecule has 0 radical (unpaired) electrons. The van der Waals surface area contributed by atoms with Gasteiger partial charge in [0.15, 0.2) is 0 Å². The average Bonchev–Trinajstić information content (AvgIpc) is 0.731. The van der Waals surface area contributed by atoms with E-state index in [0.717, 1.165) is 80.2 Å². The largest absolute Gasteiger partial charge is 0.258 e. The Morgan fingerprint density at radius 3 is 1.19 bits per heavy atom. The maximum atomic E-state index is 4.33. The lowest BCUT2D eigenvalue weighted by Crippen LogP contribution is -2.29. The molecule has 0 spiro atoms. The minimum atomic E-state index is 0.555. The van der Waals surface area contributed by atoms with E-state index in [4.69, 9.17) is 0 Å². The molecule has 0 N–H and O–H groups in total. The van der Waals surface area contributed by atoms with Crippen LogP contribution >= 0.6 is 0 Å². The molecule has 6 aromatic heterocycles. The van der Waals surface area contributed by atoms with E-state index in [1.165, 1.54) is 110 Å². The minimum absolute atomic E-state index is 0.555. The van der Waals surface area contributed by atoms with Crippen LogP contribution in [-0.4, -0.2) is 50.1 Å². The standard InChI is InChI=1S/C21H14.C17H14.C9H13N.C8H12N2.2C8H11N.C7H10N2.C6H9N3/c1-13-11-12-19-17-9-3-6-14-5-2-8-16(20(14)17)18-10-4-7-15(13)21(18)19;1-11-10-14-6-2-4-12-8-9-13-5-3-7-15(11)17(13)16(12)14;1-6-5-7(2)10-9(4)8(6)3;1-5-6(2)8(4)10-9-7(5)3;2*1-6-4-7(2)9-8(3)5-6;1-5-4-6(2)9-7(3)8-5;1-4-7-5(2)9-6(3)8-4/h2-12H,1H3;2-10,16-17H,1H3;5H,1-4H3;1-4H3;2*4-5H,1-3H3;4H,1-3H3;1-3H3. The number of benzene rings is 5. The van der Waals surface area contributed by atoms with Crippen molar-refractivity contribution in [2.75, 3.05) is 0 Å². The fourth-order valence-corrected chi connectivity index (χ4v) is 12.9.